The number of carbonyl (C=O) groups is 1. The Kier molecular flexibility index (Phi) is 7.09. The molecule has 8 nitrogen and oxygen atoms in total. The summed E-state index contributed by atoms with van der Waals surface area (Å²) >= 11 is 0. The van der Waals surface area contributed by atoms with E-state index in [1.54, 1.807) is 4.90 Å². The zero-order valence-corrected chi connectivity index (χ0v) is 23.6. The molecule has 2 aromatic rings. The van der Waals surface area contributed by atoms with Gasteiger partial charge in [0.2, 0.25) is 5.91 Å². The van der Waals surface area contributed by atoms with Crippen LogP contribution in [0, 0.1) is 11.3 Å². The zero-order chi connectivity index (χ0) is 27.9. The molecule has 0 N–H and O–H groups in total. The predicted octanol–water partition coefficient (Wildman–Crippen LogP) is 3.91. The second kappa shape index (κ2) is 10.7. The Morgan fingerprint density at radius 3 is 2.88 bits per heavy atom. The van der Waals surface area contributed by atoms with Crippen molar-refractivity contribution in [2.45, 2.75) is 62.9 Å². The molecule has 4 aliphatic rings. The summed E-state index contributed by atoms with van der Waals surface area (Å²) in [4.78, 5) is 28.9. The number of allylic oxidation sites excluding steroid dienone is 2. The van der Waals surface area contributed by atoms with Crippen molar-refractivity contribution in [2.75, 3.05) is 44.7 Å². The van der Waals surface area contributed by atoms with Crippen molar-refractivity contribution in [3.8, 4) is 12.1 Å². The van der Waals surface area contributed by atoms with Crippen LogP contribution in [-0.4, -0.2) is 77.6 Å². The van der Waals surface area contributed by atoms with Crippen LogP contribution in [0.3, 0.4) is 0 Å². The molecule has 6 rings (SSSR count). The number of nitriles is 1. The number of fused-ring (bicyclic) bond motifs is 3. The Balaban J connectivity index is 1.35. The standard InChI is InChI=1S/C32H38N6O2/c1-4-29(39)38-17-16-37(20-23(38)12-14-33)30-26-11-13-32(18-22(2)25-9-5-6-10-27(25)32)19-28(26)34-31(35-30)40-21-24-8-7-15-36(24)3/h4-6,9-10,18,23-24H,1,7-8,11-13,15-17,19-21H2,2-3H3/t23-,24-,32?/m0/s1. The summed E-state index contributed by atoms with van der Waals surface area (Å²) in [6.45, 7) is 9.24. The number of carbonyl (C=O) groups excluding carboxylic acids is 1. The summed E-state index contributed by atoms with van der Waals surface area (Å²) in [5, 5.41) is 9.51. The molecular formula is C32H38N6O2. The van der Waals surface area contributed by atoms with E-state index < -0.39 is 0 Å². The van der Waals surface area contributed by atoms with Crippen LogP contribution in [0.4, 0.5) is 5.82 Å². The van der Waals surface area contributed by atoms with Crippen molar-refractivity contribution in [1.82, 2.24) is 19.8 Å². The van der Waals surface area contributed by atoms with Gasteiger partial charge < -0.3 is 19.4 Å². The molecule has 3 atom stereocenters. The fraction of sp³-hybridized carbons (Fsp3) is 0.500. The van der Waals surface area contributed by atoms with Gasteiger partial charge in [0.1, 0.15) is 12.4 Å². The average Bonchev–Trinajstić information content (AvgIpc) is 3.50. The number of ether oxygens (including phenoxy) is 1. The number of anilines is 1. The first kappa shape index (κ1) is 26.5. The minimum atomic E-state index is -0.214. The molecule has 208 valence electrons. The van der Waals surface area contributed by atoms with Gasteiger partial charge in [0.25, 0.3) is 0 Å². The van der Waals surface area contributed by atoms with Crippen LogP contribution < -0.4 is 9.64 Å². The van der Waals surface area contributed by atoms with E-state index in [2.05, 4.69) is 66.8 Å². The van der Waals surface area contributed by atoms with Crippen LogP contribution in [0.5, 0.6) is 6.01 Å². The topological polar surface area (TPSA) is 85.6 Å². The highest BCUT2D eigenvalue weighted by Crippen LogP contribution is 2.49. The molecule has 1 spiro atoms. The van der Waals surface area contributed by atoms with Gasteiger partial charge in [-0.2, -0.15) is 15.2 Å². The van der Waals surface area contributed by atoms with Crippen molar-refractivity contribution >= 4 is 17.3 Å². The molecular weight excluding hydrogens is 500 g/mol. The van der Waals surface area contributed by atoms with Gasteiger partial charge in [-0.15, -0.1) is 0 Å². The lowest BCUT2D eigenvalue weighted by atomic mass is 9.70. The average molecular weight is 539 g/mol. The predicted molar refractivity (Wildman–Crippen MR) is 155 cm³/mol. The van der Waals surface area contributed by atoms with Crippen LogP contribution in [0.15, 0.2) is 43.0 Å². The van der Waals surface area contributed by atoms with E-state index in [9.17, 15) is 10.1 Å². The second-order valence-corrected chi connectivity index (χ2v) is 11.7. The van der Waals surface area contributed by atoms with E-state index in [0.29, 0.717) is 38.3 Å². The number of aromatic nitrogens is 2. The molecule has 0 radical (unpaired) electrons. The van der Waals surface area contributed by atoms with Crippen molar-refractivity contribution in [2.24, 2.45) is 0 Å². The number of amides is 1. The molecule has 1 aromatic heterocycles. The van der Waals surface area contributed by atoms with Crippen LogP contribution in [0.1, 0.15) is 55.0 Å². The summed E-state index contributed by atoms with van der Waals surface area (Å²) in [5.74, 6) is 0.772. The van der Waals surface area contributed by atoms with Gasteiger partial charge >= 0.3 is 6.01 Å². The molecule has 40 heavy (non-hydrogen) atoms. The summed E-state index contributed by atoms with van der Waals surface area (Å²) < 4.78 is 6.31. The normalized spacial score (nSPS) is 25.8. The van der Waals surface area contributed by atoms with E-state index in [4.69, 9.17) is 14.7 Å². The number of likely N-dealkylation sites (N-methyl/N-ethyl adjacent to an activating group) is 1. The van der Waals surface area contributed by atoms with Gasteiger partial charge in [0, 0.05) is 43.1 Å². The van der Waals surface area contributed by atoms with Crippen LogP contribution in [0.25, 0.3) is 5.57 Å². The van der Waals surface area contributed by atoms with Gasteiger partial charge in [-0.3, -0.25) is 4.79 Å². The molecule has 1 aromatic carbocycles. The lowest BCUT2D eigenvalue weighted by Crippen LogP contribution is -2.55. The molecule has 0 bridgehead atoms. The first-order valence-electron chi connectivity index (χ1n) is 14.5. The Labute approximate surface area is 237 Å². The zero-order valence-electron chi connectivity index (χ0n) is 23.6. The van der Waals surface area contributed by atoms with E-state index >= 15 is 0 Å². The number of rotatable bonds is 6. The SMILES string of the molecule is C=CC(=O)N1CCN(c2nc(OC[C@@H]3CCCN3C)nc3c2CCC2(C=C(C)c4ccccc42)C3)C[C@@H]1CC#N. The van der Waals surface area contributed by atoms with E-state index in [1.807, 2.05) is 0 Å². The Morgan fingerprint density at radius 2 is 2.10 bits per heavy atom. The van der Waals surface area contributed by atoms with Gasteiger partial charge in [0.05, 0.1) is 24.2 Å². The summed E-state index contributed by atoms with van der Waals surface area (Å²) in [6.07, 6.45) is 9.02. The number of likely N-dealkylation sites (tertiary alicyclic amines) is 1. The van der Waals surface area contributed by atoms with E-state index in [0.717, 1.165) is 43.7 Å². The smallest absolute Gasteiger partial charge is 0.318 e. The molecule has 3 heterocycles. The Morgan fingerprint density at radius 1 is 1.25 bits per heavy atom. The van der Waals surface area contributed by atoms with Gasteiger partial charge in [-0.05, 0) is 69.0 Å². The third kappa shape index (κ3) is 4.66. The monoisotopic (exact) mass is 538 g/mol. The highest BCUT2D eigenvalue weighted by molar-refractivity contribution is 5.87. The lowest BCUT2D eigenvalue weighted by molar-refractivity contribution is -0.128. The molecule has 1 unspecified atom stereocenters. The highest BCUT2D eigenvalue weighted by Gasteiger charge is 2.42. The molecule has 2 saturated heterocycles. The molecule has 1 amide bonds. The quantitative estimate of drug-likeness (QED) is 0.516. The number of piperazine rings is 1. The van der Waals surface area contributed by atoms with Crippen LogP contribution in [-0.2, 0) is 23.1 Å². The van der Waals surface area contributed by atoms with Crippen molar-refractivity contribution in [1.29, 1.82) is 5.26 Å². The third-order valence-electron chi connectivity index (χ3n) is 9.38. The Hall–Kier alpha value is -3.70. The van der Waals surface area contributed by atoms with Crippen molar-refractivity contribution in [3.63, 3.8) is 0 Å². The van der Waals surface area contributed by atoms with Crippen molar-refractivity contribution < 1.29 is 9.53 Å². The highest BCUT2D eigenvalue weighted by atomic mass is 16.5. The number of hydrogen-bond donors (Lipinski definition) is 0. The lowest BCUT2D eigenvalue weighted by Gasteiger charge is -2.42. The molecule has 2 aliphatic carbocycles. The summed E-state index contributed by atoms with van der Waals surface area (Å²) in [5.41, 5.74) is 6.21. The third-order valence-corrected chi connectivity index (χ3v) is 9.38. The second-order valence-electron chi connectivity index (χ2n) is 11.7. The molecule has 0 saturated carbocycles. The minimum absolute atomic E-state index is 0.0688. The minimum Gasteiger partial charge on any atom is -0.462 e. The summed E-state index contributed by atoms with van der Waals surface area (Å²) in [6, 6.07) is 11.6. The first-order valence-corrected chi connectivity index (χ1v) is 14.5. The maximum absolute atomic E-state index is 12.5. The fourth-order valence-corrected chi connectivity index (χ4v) is 7.24. The first-order chi connectivity index (χ1) is 19.4. The van der Waals surface area contributed by atoms with Crippen LogP contribution in [0.2, 0.25) is 0 Å². The number of benzene rings is 1. The van der Waals surface area contributed by atoms with Gasteiger partial charge in [-0.25, -0.2) is 0 Å². The summed E-state index contributed by atoms with van der Waals surface area (Å²) in [7, 11) is 2.15. The number of hydrogen-bond acceptors (Lipinski definition) is 7. The number of nitrogens with zero attached hydrogens (tertiary/aromatic N) is 6. The van der Waals surface area contributed by atoms with Crippen molar-refractivity contribution in [3.05, 3.63) is 65.4 Å². The van der Waals surface area contributed by atoms with Gasteiger partial charge in [0.15, 0.2) is 0 Å². The molecule has 8 heteroatoms. The maximum atomic E-state index is 12.5. The molecule has 2 fully saturated rings. The van der Waals surface area contributed by atoms with Crippen LogP contribution >= 0.6 is 0 Å². The largest absolute Gasteiger partial charge is 0.462 e. The van der Waals surface area contributed by atoms with Gasteiger partial charge in [-0.1, -0.05) is 36.9 Å². The van der Waals surface area contributed by atoms with E-state index in [-0.39, 0.29) is 23.8 Å². The maximum Gasteiger partial charge on any atom is 0.318 e. The molecule has 2 aliphatic heterocycles. The fourth-order valence-electron chi connectivity index (χ4n) is 7.24. The van der Waals surface area contributed by atoms with E-state index in [1.165, 1.54) is 34.8 Å². The Bertz CT molecular complexity index is 1400.